The molecular formula is C14H12ClN3S. The molecule has 0 spiro atoms. The van der Waals surface area contributed by atoms with E-state index in [2.05, 4.69) is 27.3 Å². The van der Waals surface area contributed by atoms with Crippen LogP contribution in [-0.2, 0) is 6.42 Å². The Morgan fingerprint density at radius 1 is 1.16 bits per heavy atom. The first-order valence-corrected chi connectivity index (χ1v) is 7.45. The Labute approximate surface area is 120 Å². The Bertz CT molecular complexity index is 696. The topological polar surface area (TPSA) is 38.7 Å². The molecule has 0 fully saturated rings. The fraction of sp³-hybridized carbons (Fsp3) is 0.214. The van der Waals surface area contributed by atoms with Gasteiger partial charge in [-0.15, -0.1) is 21.8 Å². The third kappa shape index (κ3) is 2.74. The summed E-state index contributed by atoms with van der Waals surface area (Å²) >= 11 is 7.32. The molecular weight excluding hydrogens is 278 g/mol. The number of aromatic nitrogens is 3. The maximum absolute atomic E-state index is 5.69. The van der Waals surface area contributed by atoms with E-state index in [-0.39, 0.29) is 0 Å². The summed E-state index contributed by atoms with van der Waals surface area (Å²) in [5, 5.41) is 11.6. The van der Waals surface area contributed by atoms with Crippen molar-refractivity contribution in [2.24, 2.45) is 0 Å². The third-order valence-electron chi connectivity index (χ3n) is 2.84. The Hall–Kier alpha value is -1.52. The van der Waals surface area contributed by atoms with Gasteiger partial charge in [0.15, 0.2) is 0 Å². The summed E-state index contributed by atoms with van der Waals surface area (Å²) in [6, 6.07) is 10.2. The molecule has 0 saturated heterocycles. The smallest absolute Gasteiger partial charge is 0.147 e. The molecule has 19 heavy (non-hydrogen) atoms. The van der Waals surface area contributed by atoms with Gasteiger partial charge in [0.2, 0.25) is 0 Å². The van der Waals surface area contributed by atoms with Gasteiger partial charge in [0.05, 0.1) is 5.52 Å². The first kappa shape index (κ1) is 12.5. The van der Waals surface area contributed by atoms with Gasteiger partial charge in [-0.1, -0.05) is 17.4 Å². The van der Waals surface area contributed by atoms with Crippen molar-refractivity contribution in [3.05, 3.63) is 41.5 Å². The highest BCUT2D eigenvalue weighted by Crippen LogP contribution is 2.26. The molecule has 0 atom stereocenters. The molecule has 0 aliphatic heterocycles. The number of alkyl halides is 1. The molecule has 0 unspecified atom stereocenters. The molecule has 3 aromatic rings. The normalized spacial score (nSPS) is 11.0. The first-order valence-electron chi connectivity index (χ1n) is 6.10. The summed E-state index contributed by atoms with van der Waals surface area (Å²) in [4.78, 5) is 4.31. The quantitative estimate of drug-likeness (QED) is 0.683. The Morgan fingerprint density at radius 3 is 3.00 bits per heavy atom. The lowest BCUT2D eigenvalue weighted by molar-refractivity contribution is 0.884. The molecule has 96 valence electrons. The van der Waals surface area contributed by atoms with Gasteiger partial charge < -0.3 is 0 Å². The maximum Gasteiger partial charge on any atom is 0.147 e. The molecule has 3 nitrogen and oxygen atoms in total. The van der Waals surface area contributed by atoms with Crippen LogP contribution in [0.5, 0.6) is 0 Å². The highest BCUT2D eigenvalue weighted by atomic mass is 35.5. The summed E-state index contributed by atoms with van der Waals surface area (Å²) in [7, 11) is 0. The van der Waals surface area contributed by atoms with Crippen LogP contribution in [0.2, 0.25) is 0 Å². The number of nitrogens with zero attached hydrogens (tertiary/aromatic N) is 3. The fourth-order valence-corrected chi connectivity index (χ4v) is 2.91. The van der Waals surface area contributed by atoms with Crippen LogP contribution >= 0.6 is 22.9 Å². The molecule has 0 N–H and O–H groups in total. The maximum atomic E-state index is 5.69. The summed E-state index contributed by atoms with van der Waals surface area (Å²) in [5.74, 6) is 0.663. The van der Waals surface area contributed by atoms with Crippen LogP contribution in [0, 0.1) is 0 Å². The number of aryl methyl sites for hydroxylation is 1. The molecule has 3 rings (SSSR count). The molecule has 5 heteroatoms. The lowest BCUT2D eigenvalue weighted by Gasteiger charge is -1.98. The monoisotopic (exact) mass is 289 g/mol. The van der Waals surface area contributed by atoms with E-state index in [1.807, 2.05) is 18.2 Å². The van der Waals surface area contributed by atoms with Crippen molar-refractivity contribution in [3.63, 3.8) is 0 Å². The number of hydrogen-bond acceptors (Lipinski definition) is 4. The molecule has 0 saturated carbocycles. The molecule has 1 aromatic carbocycles. The van der Waals surface area contributed by atoms with Crippen molar-refractivity contribution in [1.29, 1.82) is 0 Å². The van der Waals surface area contributed by atoms with Gasteiger partial charge in [-0.05, 0) is 30.7 Å². The van der Waals surface area contributed by atoms with E-state index >= 15 is 0 Å². The zero-order valence-electron chi connectivity index (χ0n) is 10.2. The molecule has 0 aliphatic carbocycles. The number of halogens is 1. The van der Waals surface area contributed by atoms with Crippen LogP contribution in [0.4, 0.5) is 0 Å². The molecule has 0 bridgehead atoms. The third-order valence-corrected chi connectivity index (χ3v) is 4.14. The number of pyridine rings is 1. The number of fused-ring (bicyclic) bond motifs is 1. The first-order chi connectivity index (χ1) is 9.36. The highest BCUT2D eigenvalue weighted by molar-refractivity contribution is 7.14. The van der Waals surface area contributed by atoms with Crippen LogP contribution in [0.15, 0.2) is 36.5 Å². The highest BCUT2D eigenvalue weighted by Gasteiger charge is 2.07. The van der Waals surface area contributed by atoms with Crippen molar-refractivity contribution >= 4 is 33.8 Å². The lowest BCUT2D eigenvalue weighted by atomic mass is 10.1. The molecule has 0 radical (unpaired) electrons. The largest absolute Gasteiger partial charge is 0.256 e. The van der Waals surface area contributed by atoms with E-state index in [1.165, 1.54) is 0 Å². The zero-order chi connectivity index (χ0) is 13.1. The van der Waals surface area contributed by atoms with E-state index in [9.17, 15) is 0 Å². The predicted molar refractivity (Wildman–Crippen MR) is 79.7 cm³/mol. The van der Waals surface area contributed by atoms with Crippen LogP contribution < -0.4 is 0 Å². The minimum Gasteiger partial charge on any atom is -0.256 e. The summed E-state index contributed by atoms with van der Waals surface area (Å²) in [6.45, 7) is 0. The van der Waals surface area contributed by atoms with Crippen molar-refractivity contribution < 1.29 is 0 Å². The molecule has 2 aromatic heterocycles. The van der Waals surface area contributed by atoms with Gasteiger partial charge in [-0.25, -0.2) is 0 Å². The molecule has 0 amide bonds. The summed E-state index contributed by atoms with van der Waals surface area (Å²) in [6.07, 6.45) is 3.64. The van der Waals surface area contributed by atoms with Gasteiger partial charge in [0, 0.05) is 29.4 Å². The Kier molecular flexibility index (Phi) is 3.71. The van der Waals surface area contributed by atoms with Gasteiger partial charge >= 0.3 is 0 Å². The SMILES string of the molecule is ClCCCc1nnc(-c2ccc3ncccc3c2)s1. The second-order valence-corrected chi connectivity index (χ2v) is 5.64. The summed E-state index contributed by atoms with van der Waals surface area (Å²) < 4.78 is 0. The van der Waals surface area contributed by atoms with Crippen molar-refractivity contribution in [3.8, 4) is 10.6 Å². The predicted octanol–water partition coefficient (Wildman–Crippen LogP) is 3.92. The van der Waals surface area contributed by atoms with Gasteiger partial charge in [0.1, 0.15) is 10.0 Å². The zero-order valence-corrected chi connectivity index (χ0v) is 11.8. The Balaban J connectivity index is 1.92. The van der Waals surface area contributed by atoms with Crippen molar-refractivity contribution in [1.82, 2.24) is 15.2 Å². The number of benzene rings is 1. The minimum absolute atomic E-state index is 0.663. The van der Waals surface area contributed by atoms with E-state index in [4.69, 9.17) is 11.6 Å². The average molecular weight is 290 g/mol. The van der Waals surface area contributed by atoms with E-state index in [0.29, 0.717) is 5.88 Å². The van der Waals surface area contributed by atoms with Crippen molar-refractivity contribution in [2.45, 2.75) is 12.8 Å². The molecule has 0 aliphatic rings. The van der Waals surface area contributed by atoms with Crippen LogP contribution in [0.1, 0.15) is 11.4 Å². The van der Waals surface area contributed by atoms with Crippen LogP contribution in [-0.4, -0.2) is 21.1 Å². The van der Waals surface area contributed by atoms with E-state index in [1.54, 1.807) is 17.5 Å². The van der Waals surface area contributed by atoms with Gasteiger partial charge in [0.25, 0.3) is 0 Å². The van der Waals surface area contributed by atoms with E-state index in [0.717, 1.165) is 39.3 Å². The number of rotatable bonds is 4. The average Bonchev–Trinajstić information content (AvgIpc) is 2.93. The van der Waals surface area contributed by atoms with Crippen LogP contribution in [0.3, 0.4) is 0 Å². The van der Waals surface area contributed by atoms with Gasteiger partial charge in [-0.2, -0.15) is 0 Å². The van der Waals surface area contributed by atoms with E-state index < -0.39 is 0 Å². The van der Waals surface area contributed by atoms with Gasteiger partial charge in [-0.3, -0.25) is 4.98 Å². The second-order valence-electron chi connectivity index (χ2n) is 4.20. The van der Waals surface area contributed by atoms with Crippen molar-refractivity contribution in [2.75, 3.05) is 5.88 Å². The molecule has 2 heterocycles. The lowest BCUT2D eigenvalue weighted by Crippen LogP contribution is -1.84. The standard InChI is InChI=1S/C14H12ClN3S/c15-7-1-4-13-17-18-14(19-13)11-5-6-12-10(9-11)3-2-8-16-12/h2-3,5-6,8-9H,1,4,7H2. The van der Waals surface area contributed by atoms with Crippen LogP contribution in [0.25, 0.3) is 21.5 Å². The Morgan fingerprint density at radius 2 is 2.11 bits per heavy atom. The second kappa shape index (κ2) is 5.63. The number of hydrogen-bond donors (Lipinski definition) is 0. The minimum atomic E-state index is 0.663. The summed E-state index contributed by atoms with van der Waals surface area (Å²) in [5.41, 5.74) is 2.09. The fourth-order valence-electron chi connectivity index (χ4n) is 1.90.